The van der Waals surface area contributed by atoms with Crippen LogP contribution in [0.15, 0.2) is 72.9 Å². The number of fused-ring (bicyclic) bond motifs is 4. The van der Waals surface area contributed by atoms with E-state index in [0.29, 0.717) is 62.3 Å². The Morgan fingerprint density at radius 1 is 1.02 bits per heavy atom. The molecule has 2 heterocycles. The Balaban J connectivity index is 0.975. The van der Waals surface area contributed by atoms with E-state index in [1.54, 1.807) is 19.2 Å². The molecule has 0 bridgehead atoms. The molecule has 2 N–H and O–H groups in total. The van der Waals surface area contributed by atoms with Gasteiger partial charge in [0.2, 0.25) is 5.91 Å². The van der Waals surface area contributed by atoms with Crippen LogP contribution in [-0.2, 0) is 34.3 Å². The van der Waals surface area contributed by atoms with Gasteiger partial charge in [-0.2, -0.15) is 0 Å². The zero-order chi connectivity index (χ0) is 40.4. The Morgan fingerprint density at radius 3 is 2.64 bits per heavy atom. The summed E-state index contributed by atoms with van der Waals surface area (Å²) in [6, 6.07) is 21.7. The normalized spacial score (nSPS) is 23.8. The molecular formula is C48H56ClN3O6. The predicted octanol–water partition coefficient (Wildman–Crippen LogP) is 9.96. The van der Waals surface area contributed by atoms with E-state index in [1.165, 1.54) is 28.8 Å². The zero-order valence-corrected chi connectivity index (χ0v) is 34.8. The molecule has 4 aromatic rings. The highest BCUT2D eigenvalue weighted by atomic mass is 35.5. The van der Waals surface area contributed by atoms with E-state index in [-0.39, 0.29) is 17.2 Å². The van der Waals surface area contributed by atoms with Crippen molar-refractivity contribution >= 4 is 34.9 Å². The highest BCUT2D eigenvalue weighted by molar-refractivity contribution is 6.30. The fourth-order valence-electron chi connectivity index (χ4n) is 10.6. The van der Waals surface area contributed by atoms with Gasteiger partial charge in [0.1, 0.15) is 22.8 Å². The third-order valence-corrected chi connectivity index (χ3v) is 13.8. The molecule has 9 nitrogen and oxygen atoms in total. The predicted molar refractivity (Wildman–Crippen MR) is 228 cm³/mol. The van der Waals surface area contributed by atoms with Gasteiger partial charge in [0, 0.05) is 46.7 Å². The number of carbonyl (C=O) groups excluding carboxylic acids is 1. The number of amides is 1. The van der Waals surface area contributed by atoms with Crippen LogP contribution in [0.4, 0.5) is 11.4 Å². The summed E-state index contributed by atoms with van der Waals surface area (Å²) in [7, 11) is 1.67. The number of aromatic nitrogens is 1. The van der Waals surface area contributed by atoms with Crippen molar-refractivity contribution in [2.24, 2.45) is 11.8 Å². The molecule has 1 spiro atoms. The molecule has 1 fully saturated rings. The molecule has 1 aromatic heterocycles. The maximum atomic E-state index is 13.3. The lowest BCUT2D eigenvalue weighted by Gasteiger charge is -2.47. The number of carboxylic acid groups (broad SMARTS) is 1. The maximum absolute atomic E-state index is 13.3. The summed E-state index contributed by atoms with van der Waals surface area (Å²) in [5.41, 5.74) is 6.48. The van der Waals surface area contributed by atoms with E-state index in [9.17, 15) is 14.7 Å². The highest BCUT2D eigenvalue weighted by Gasteiger charge is 2.54. The molecule has 0 radical (unpaired) electrons. The third-order valence-electron chi connectivity index (χ3n) is 13.6. The number of hydrogen-bond acceptors (Lipinski definition) is 7. The van der Waals surface area contributed by atoms with Crippen molar-refractivity contribution in [3.63, 3.8) is 0 Å². The highest BCUT2D eigenvalue weighted by Crippen LogP contribution is 2.57. The van der Waals surface area contributed by atoms with Gasteiger partial charge in [0.05, 0.1) is 26.0 Å². The second-order valence-corrected chi connectivity index (χ2v) is 17.7. The van der Waals surface area contributed by atoms with Crippen molar-refractivity contribution in [2.75, 3.05) is 37.1 Å². The third kappa shape index (κ3) is 7.86. The molecule has 0 saturated heterocycles. The molecule has 10 heteroatoms. The van der Waals surface area contributed by atoms with E-state index in [0.717, 1.165) is 79.1 Å². The topological polar surface area (TPSA) is 110 Å². The molecule has 58 heavy (non-hydrogen) atoms. The molecule has 1 aliphatic heterocycles. The Kier molecular flexibility index (Phi) is 11.6. The maximum Gasteiger partial charge on any atom is 0.329 e. The minimum absolute atomic E-state index is 0.0956. The first-order valence-electron chi connectivity index (χ1n) is 21.2. The van der Waals surface area contributed by atoms with E-state index in [4.69, 9.17) is 25.8 Å². The molecule has 306 valence electrons. The Labute approximate surface area is 347 Å². The van der Waals surface area contributed by atoms with Gasteiger partial charge in [-0.1, -0.05) is 43.6 Å². The van der Waals surface area contributed by atoms with Crippen LogP contribution >= 0.6 is 11.6 Å². The van der Waals surface area contributed by atoms with Gasteiger partial charge in [-0.05, 0) is 153 Å². The number of carbonyl (C=O) groups is 2. The van der Waals surface area contributed by atoms with Gasteiger partial charge >= 0.3 is 5.97 Å². The van der Waals surface area contributed by atoms with E-state index in [2.05, 4.69) is 42.3 Å². The molecule has 4 aliphatic rings. The lowest BCUT2D eigenvalue weighted by Crippen LogP contribution is -2.53. The van der Waals surface area contributed by atoms with Crippen LogP contribution in [0.3, 0.4) is 0 Å². The van der Waals surface area contributed by atoms with Crippen molar-refractivity contribution < 1.29 is 28.9 Å². The smallest absolute Gasteiger partial charge is 0.329 e. The minimum Gasteiger partial charge on any atom is -0.496 e. The molecule has 3 atom stereocenters. The number of rotatable bonds is 14. The number of pyridine rings is 1. The van der Waals surface area contributed by atoms with Crippen molar-refractivity contribution in [2.45, 2.75) is 108 Å². The monoisotopic (exact) mass is 805 g/mol. The van der Waals surface area contributed by atoms with Crippen molar-refractivity contribution in [3.05, 3.63) is 106 Å². The molecule has 1 saturated carbocycles. The number of halogens is 1. The lowest BCUT2D eigenvalue weighted by molar-refractivity contribution is -0.144. The summed E-state index contributed by atoms with van der Waals surface area (Å²) in [5.74, 6) is 2.90. The largest absolute Gasteiger partial charge is 0.496 e. The van der Waals surface area contributed by atoms with E-state index < -0.39 is 11.5 Å². The van der Waals surface area contributed by atoms with Gasteiger partial charge in [0.25, 0.3) is 0 Å². The average Bonchev–Trinajstić information content (AvgIpc) is 3.78. The fourth-order valence-corrected chi connectivity index (χ4v) is 10.8. The van der Waals surface area contributed by atoms with Gasteiger partial charge in [-0.25, -0.2) is 4.79 Å². The van der Waals surface area contributed by atoms with Crippen LogP contribution in [-0.4, -0.2) is 54.4 Å². The standard InChI is InChI=1S/C48H56ClN3O6/c1-31(30-58-43-17-23-50-40-11-4-8-32(2)45(40)43)26-34-27-33-15-16-37(57-25-7-14-44(53)52-24-18-38-41(52)12-6-13-42(38)56-3)29-39(33)47(34)19-21-48(22-20-47,46(54)55)51-36-10-5-9-35(49)28-36/h5-6,9-10,12-13,15-17,23,28-29,31-32,34,51H,4,7-8,11,14,18-22,24-27,30H2,1-3H3,(H,54,55)/t31-,32-,34+,47?,48?/m1/s1. The molecule has 3 aliphatic carbocycles. The van der Waals surface area contributed by atoms with Crippen LogP contribution in [0, 0.1) is 11.8 Å². The summed E-state index contributed by atoms with van der Waals surface area (Å²) in [6.07, 6.45) is 11.3. The van der Waals surface area contributed by atoms with Crippen molar-refractivity contribution in [1.82, 2.24) is 4.98 Å². The number of methoxy groups -OCH3 is 1. The van der Waals surface area contributed by atoms with E-state index in [1.807, 2.05) is 47.5 Å². The number of aliphatic carboxylic acids is 1. The van der Waals surface area contributed by atoms with Gasteiger partial charge in [-0.3, -0.25) is 9.78 Å². The first-order valence-corrected chi connectivity index (χ1v) is 21.6. The van der Waals surface area contributed by atoms with Gasteiger partial charge in [0.15, 0.2) is 0 Å². The van der Waals surface area contributed by atoms with Gasteiger partial charge in [-0.15, -0.1) is 0 Å². The average molecular weight is 806 g/mol. The molecule has 3 aromatic carbocycles. The number of benzene rings is 3. The van der Waals surface area contributed by atoms with Crippen LogP contribution in [0.25, 0.3) is 0 Å². The quantitative estimate of drug-likeness (QED) is 0.121. The molecule has 0 unspecified atom stereocenters. The summed E-state index contributed by atoms with van der Waals surface area (Å²) < 4.78 is 18.5. The number of hydrogen-bond donors (Lipinski definition) is 2. The van der Waals surface area contributed by atoms with Crippen LogP contribution in [0.5, 0.6) is 17.2 Å². The van der Waals surface area contributed by atoms with Crippen LogP contribution in [0.2, 0.25) is 5.02 Å². The summed E-state index contributed by atoms with van der Waals surface area (Å²) in [5, 5.41) is 14.7. The fraction of sp³-hybridized carbons (Fsp3) is 0.479. The number of aryl methyl sites for hydroxylation is 1. The van der Waals surface area contributed by atoms with Crippen molar-refractivity contribution in [3.8, 4) is 17.2 Å². The summed E-state index contributed by atoms with van der Waals surface area (Å²) in [6.45, 7) is 6.27. The van der Waals surface area contributed by atoms with Crippen molar-refractivity contribution in [1.29, 1.82) is 0 Å². The SMILES string of the molecule is COc1cccc2c1CCN2C(=O)CCCOc1ccc2c(c1)C1(CCC(Nc3cccc(Cl)c3)(C(=O)O)CC1)[C@@H](C[C@@H](C)COc1ccnc3c1[C@H](C)CCC3)C2. The molecule has 8 rings (SSSR count). The zero-order valence-electron chi connectivity index (χ0n) is 34.0. The lowest BCUT2D eigenvalue weighted by atomic mass is 9.59. The summed E-state index contributed by atoms with van der Waals surface area (Å²) >= 11 is 6.31. The second-order valence-electron chi connectivity index (χ2n) is 17.2. The second kappa shape index (κ2) is 16.8. The number of ether oxygens (including phenoxy) is 3. The number of nitrogens with one attached hydrogen (secondary N) is 1. The molecular weight excluding hydrogens is 750 g/mol. The Hall–Kier alpha value is -4.76. The number of anilines is 2. The number of nitrogens with zero attached hydrogens (tertiary/aromatic N) is 2. The first-order chi connectivity index (χ1) is 28.1. The van der Waals surface area contributed by atoms with Crippen LogP contribution in [0.1, 0.15) is 106 Å². The Morgan fingerprint density at radius 2 is 1.84 bits per heavy atom. The van der Waals surface area contributed by atoms with E-state index >= 15 is 0 Å². The first kappa shape index (κ1) is 40.0. The molecule has 1 amide bonds. The van der Waals surface area contributed by atoms with Gasteiger partial charge < -0.3 is 29.5 Å². The Bertz CT molecular complexity index is 2150. The van der Waals surface area contributed by atoms with Crippen LogP contribution < -0.4 is 24.4 Å². The minimum atomic E-state index is -1.10. The number of carboxylic acids is 1. The summed E-state index contributed by atoms with van der Waals surface area (Å²) in [4.78, 5) is 32.9.